The molecule has 7 nitrogen and oxygen atoms in total. The maximum absolute atomic E-state index is 5.58. The standard InChI is InChI=1S/C16H24N6O/c1-12-14(8-20-21-12)11-22(2)10-13-6-17-16(18-7-13)19-9-15-4-3-5-23-15/h6-8,15H,3-5,9-11H2,1-2H3,(H,20,21)(H,17,18,19)/t15-/m0/s1. The lowest BCUT2D eigenvalue weighted by atomic mass is 10.2. The van der Waals surface area contributed by atoms with Gasteiger partial charge in [0.1, 0.15) is 0 Å². The van der Waals surface area contributed by atoms with Gasteiger partial charge in [0, 0.05) is 55.5 Å². The van der Waals surface area contributed by atoms with Crippen molar-refractivity contribution >= 4 is 5.95 Å². The number of aromatic nitrogens is 4. The SMILES string of the molecule is Cc1[nH]ncc1CN(C)Cc1cnc(NC[C@@H]2CCCO2)nc1. The van der Waals surface area contributed by atoms with Crippen molar-refractivity contribution in [2.45, 2.75) is 39.0 Å². The summed E-state index contributed by atoms with van der Waals surface area (Å²) in [7, 11) is 2.08. The van der Waals surface area contributed by atoms with Crippen LogP contribution in [-0.4, -0.2) is 51.4 Å². The zero-order valence-electron chi connectivity index (χ0n) is 13.7. The topological polar surface area (TPSA) is 79.0 Å². The lowest BCUT2D eigenvalue weighted by Crippen LogP contribution is -2.20. The van der Waals surface area contributed by atoms with E-state index in [1.165, 1.54) is 5.56 Å². The van der Waals surface area contributed by atoms with Gasteiger partial charge in [-0.2, -0.15) is 5.10 Å². The van der Waals surface area contributed by atoms with E-state index < -0.39 is 0 Å². The Bertz CT molecular complexity index is 605. The van der Waals surface area contributed by atoms with E-state index in [2.05, 4.69) is 37.4 Å². The van der Waals surface area contributed by atoms with Crippen LogP contribution in [0.4, 0.5) is 5.95 Å². The first-order chi connectivity index (χ1) is 11.2. The predicted molar refractivity (Wildman–Crippen MR) is 88.0 cm³/mol. The van der Waals surface area contributed by atoms with E-state index in [0.717, 1.165) is 50.3 Å². The van der Waals surface area contributed by atoms with Crippen LogP contribution < -0.4 is 5.32 Å². The molecule has 3 heterocycles. The Kier molecular flexibility index (Phi) is 5.19. The summed E-state index contributed by atoms with van der Waals surface area (Å²) in [5.41, 5.74) is 3.42. The summed E-state index contributed by atoms with van der Waals surface area (Å²) in [6.07, 6.45) is 8.19. The van der Waals surface area contributed by atoms with Gasteiger partial charge < -0.3 is 10.1 Å². The van der Waals surface area contributed by atoms with Gasteiger partial charge in [-0.15, -0.1) is 0 Å². The van der Waals surface area contributed by atoms with Crippen molar-refractivity contribution in [3.05, 3.63) is 35.4 Å². The third kappa shape index (κ3) is 4.49. The van der Waals surface area contributed by atoms with E-state index in [1.807, 2.05) is 25.5 Å². The average molecular weight is 316 g/mol. The Balaban J connectivity index is 1.47. The summed E-state index contributed by atoms with van der Waals surface area (Å²) < 4.78 is 5.58. The highest BCUT2D eigenvalue weighted by atomic mass is 16.5. The van der Waals surface area contributed by atoms with Gasteiger partial charge in [-0.1, -0.05) is 0 Å². The molecular weight excluding hydrogens is 292 g/mol. The second kappa shape index (κ2) is 7.52. The van der Waals surface area contributed by atoms with Crippen molar-refractivity contribution < 1.29 is 4.74 Å². The molecular formula is C16H24N6O. The van der Waals surface area contributed by atoms with Gasteiger partial charge in [-0.3, -0.25) is 10.00 Å². The van der Waals surface area contributed by atoms with Crippen LogP contribution in [0.25, 0.3) is 0 Å². The molecule has 7 heteroatoms. The molecule has 23 heavy (non-hydrogen) atoms. The van der Waals surface area contributed by atoms with Crippen LogP contribution in [-0.2, 0) is 17.8 Å². The van der Waals surface area contributed by atoms with Crippen molar-refractivity contribution in [1.29, 1.82) is 0 Å². The first-order valence-corrected chi connectivity index (χ1v) is 8.04. The van der Waals surface area contributed by atoms with Crippen LogP contribution in [0.2, 0.25) is 0 Å². The molecule has 124 valence electrons. The molecule has 1 saturated heterocycles. The number of hydrogen-bond donors (Lipinski definition) is 2. The summed E-state index contributed by atoms with van der Waals surface area (Å²) in [6, 6.07) is 0. The van der Waals surface area contributed by atoms with Gasteiger partial charge in [0.25, 0.3) is 0 Å². The van der Waals surface area contributed by atoms with Crippen LogP contribution in [0.5, 0.6) is 0 Å². The smallest absolute Gasteiger partial charge is 0.222 e. The molecule has 2 N–H and O–H groups in total. The molecule has 0 aromatic carbocycles. The van der Waals surface area contributed by atoms with Gasteiger partial charge in [-0.25, -0.2) is 9.97 Å². The minimum atomic E-state index is 0.294. The highest BCUT2D eigenvalue weighted by Crippen LogP contribution is 2.13. The van der Waals surface area contributed by atoms with E-state index in [-0.39, 0.29) is 0 Å². The molecule has 0 unspecified atom stereocenters. The van der Waals surface area contributed by atoms with E-state index in [4.69, 9.17) is 4.74 Å². The lowest BCUT2D eigenvalue weighted by molar-refractivity contribution is 0.120. The predicted octanol–water partition coefficient (Wildman–Crippen LogP) is 1.73. The number of nitrogens with zero attached hydrogens (tertiary/aromatic N) is 4. The second-order valence-electron chi connectivity index (χ2n) is 6.12. The molecule has 0 amide bonds. The molecule has 1 fully saturated rings. The molecule has 1 aliphatic rings. The fraction of sp³-hybridized carbons (Fsp3) is 0.562. The number of nitrogens with one attached hydrogen (secondary N) is 2. The van der Waals surface area contributed by atoms with E-state index in [0.29, 0.717) is 12.1 Å². The molecule has 0 aliphatic carbocycles. The molecule has 0 saturated carbocycles. The third-order valence-electron chi connectivity index (χ3n) is 4.04. The average Bonchev–Trinajstić information content (AvgIpc) is 3.19. The molecule has 1 atom stereocenters. The monoisotopic (exact) mass is 316 g/mol. The summed E-state index contributed by atoms with van der Waals surface area (Å²) in [5.74, 6) is 0.664. The van der Waals surface area contributed by atoms with Crippen LogP contribution in [0.15, 0.2) is 18.6 Å². The molecule has 3 rings (SSSR count). The van der Waals surface area contributed by atoms with Crippen LogP contribution >= 0.6 is 0 Å². The maximum atomic E-state index is 5.58. The molecule has 2 aromatic heterocycles. The molecule has 0 radical (unpaired) electrons. The summed E-state index contributed by atoms with van der Waals surface area (Å²) in [6.45, 7) is 5.33. The van der Waals surface area contributed by atoms with Gasteiger partial charge in [0.15, 0.2) is 0 Å². The second-order valence-corrected chi connectivity index (χ2v) is 6.12. The number of aromatic amines is 1. The van der Waals surface area contributed by atoms with Crippen molar-refractivity contribution in [3.63, 3.8) is 0 Å². The molecule has 0 spiro atoms. The zero-order valence-corrected chi connectivity index (χ0v) is 13.7. The Morgan fingerprint density at radius 2 is 2.13 bits per heavy atom. The Labute approximate surface area is 136 Å². The minimum Gasteiger partial charge on any atom is -0.376 e. The number of ether oxygens (including phenoxy) is 1. The number of rotatable bonds is 7. The fourth-order valence-electron chi connectivity index (χ4n) is 2.73. The Morgan fingerprint density at radius 1 is 1.30 bits per heavy atom. The summed E-state index contributed by atoms with van der Waals surface area (Å²) in [4.78, 5) is 11.0. The Morgan fingerprint density at radius 3 is 2.78 bits per heavy atom. The zero-order chi connectivity index (χ0) is 16.1. The first kappa shape index (κ1) is 15.9. The first-order valence-electron chi connectivity index (χ1n) is 8.04. The van der Waals surface area contributed by atoms with E-state index >= 15 is 0 Å². The van der Waals surface area contributed by atoms with E-state index in [9.17, 15) is 0 Å². The largest absolute Gasteiger partial charge is 0.376 e. The van der Waals surface area contributed by atoms with Crippen molar-refractivity contribution in [2.24, 2.45) is 0 Å². The van der Waals surface area contributed by atoms with Crippen molar-refractivity contribution in [3.8, 4) is 0 Å². The Hall–Kier alpha value is -1.99. The number of anilines is 1. The van der Waals surface area contributed by atoms with Gasteiger partial charge in [0.2, 0.25) is 5.95 Å². The number of aryl methyl sites for hydroxylation is 1. The highest BCUT2D eigenvalue weighted by Gasteiger charge is 2.15. The minimum absolute atomic E-state index is 0.294. The maximum Gasteiger partial charge on any atom is 0.222 e. The fourth-order valence-corrected chi connectivity index (χ4v) is 2.73. The van der Waals surface area contributed by atoms with Crippen LogP contribution in [0.3, 0.4) is 0 Å². The molecule has 0 bridgehead atoms. The van der Waals surface area contributed by atoms with Crippen molar-refractivity contribution in [1.82, 2.24) is 25.1 Å². The normalized spacial score (nSPS) is 17.8. The van der Waals surface area contributed by atoms with Crippen molar-refractivity contribution in [2.75, 3.05) is 25.5 Å². The molecule has 1 aliphatic heterocycles. The van der Waals surface area contributed by atoms with Gasteiger partial charge in [0.05, 0.1) is 12.3 Å². The van der Waals surface area contributed by atoms with Gasteiger partial charge in [-0.05, 0) is 26.8 Å². The van der Waals surface area contributed by atoms with Gasteiger partial charge >= 0.3 is 0 Å². The number of H-pyrrole nitrogens is 1. The van der Waals surface area contributed by atoms with E-state index in [1.54, 1.807) is 0 Å². The lowest BCUT2D eigenvalue weighted by Gasteiger charge is -2.16. The third-order valence-corrected chi connectivity index (χ3v) is 4.04. The summed E-state index contributed by atoms with van der Waals surface area (Å²) in [5, 5.41) is 10.3. The number of hydrogen-bond acceptors (Lipinski definition) is 6. The van der Waals surface area contributed by atoms with Crippen LogP contribution in [0.1, 0.15) is 29.7 Å². The summed E-state index contributed by atoms with van der Waals surface area (Å²) >= 11 is 0. The highest BCUT2D eigenvalue weighted by molar-refractivity contribution is 5.25. The quantitative estimate of drug-likeness (QED) is 0.810. The van der Waals surface area contributed by atoms with Crippen LogP contribution in [0, 0.1) is 6.92 Å². The molecule has 2 aromatic rings.